The van der Waals surface area contributed by atoms with E-state index in [0.717, 1.165) is 5.56 Å². The molecule has 0 saturated carbocycles. The fourth-order valence-corrected chi connectivity index (χ4v) is 2.39. The number of nitrogens with zero attached hydrogens (tertiary/aromatic N) is 1. The summed E-state index contributed by atoms with van der Waals surface area (Å²) in [7, 11) is 0. The van der Waals surface area contributed by atoms with Gasteiger partial charge >= 0.3 is 12.1 Å². The van der Waals surface area contributed by atoms with Gasteiger partial charge in [0.15, 0.2) is 0 Å². The highest BCUT2D eigenvalue weighted by molar-refractivity contribution is 7.08. The molecule has 6 heteroatoms. The molecule has 2 heterocycles. The Morgan fingerprint density at radius 3 is 2.68 bits per heavy atom. The van der Waals surface area contributed by atoms with Gasteiger partial charge in [-0.15, -0.1) is 0 Å². The molecule has 19 heavy (non-hydrogen) atoms. The molecule has 100 valence electrons. The molecule has 2 aromatic heterocycles. The second kappa shape index (κ2) is 6.19. The van der Waals surface area contributed by atoms with Crippen LogP contribution in [-0.2, 0) is 16.0 Å². The summed E-state index contributed by atoms with van der Waals surface area (Å²) in [6.45, 7) is 2.38. The zero-order chi connectivity index (χ0) is 13.7. The predicted octanol–water partition coefficient (Wildman–Crippen LogP) is 2.91. The lowest BCUT2D eigenvalue weighted by molar-refractivity contribution is 0.0401. The van der Waals surface area contributed by atoms with Crippen LogP contribution >= 0.6 is 11.3 Å². The van der Waals surface area contributed by atoms with Crippen molar-refractivity contribution in [3.63, 3.8) is 0 Å². The molecule has 0 fully saturated rings. The van der Waals surface area contributed by atoms with Crippen molar-refractivity contribution in [3.05, 3.63) is 46.4 Å². The fraction of sp³-hybridized carbons (Fsp3) is 0.231. The largest absolute Gasteiger partial charge is 0.516 e. The Balaban J connectivity index is 2.06. The van der Waals surface area contributed by atoms with Crippen molar-refractivity contribution in [1.82, 2.24) is 4.57 Å². The Labute approximate surface area is 114 Å². The lowest BCUT2D eigenvalue weighted by Gasteiger charge is -2.05. The van der Waals surface area contributed by atoms with Crippen LogP contribution in [0.5, 0.6) is 0 Å². The normalized spacial score (nSPS) is 10.2. The van der Waals surface area contributed by atoms with Crippen LogP contribution in [0.4, 0.5) is 4.79 Å². The minimum absolute atomic E-state index is 0.173. The number of esters is 1. The molecule has 0 amide bonds. The Morgan fingerprint density at radius 2 is 2.00 bits per heavy atom. The average molecular weight is 279 g/mol. The quantitative estimate of drug-likeness (QED) is 0.638. The van der Waals surface area contributed by atoms with Gasteiger partial charge in [0.1, 0.15) is 0 Å². The van der Waals surface area contributed by atoms with Gasteiger partial charge in [-0.3, -0.25) is 0 Å². The highest BCUT2D eigenvalue weighted by Crippen LogP contribution is 2.18. The van der Waals surface area contributed by atoms with Gasteiger partial charge < -0.3 is 14.0 Å². The molecule has 0 atom stereocenters. The van der Waals surface area contributed by atoms with Gasteiger partial charge in [-0.1, -0.05) is 0 Å². The number of carbonyl (C=O) groups excluding carboxylic acids is 2. The average Bonchev–Trinajstić information content (AvgIpc) is 3.01. The first-order valence-electron chi connectivity index (χ1n) is 5.75. The van der Waals surface area contributed by atoms with E-state index in [9.17, 15) is 9.59 Å². The van der Waals surface area contributed by atoms with Crippen molar-refractivity contribution in [2.75, 3.05) is 6.61 Å². The summed E-state index contributed by atoms with van der Waals surface area (Å²) in [4.78, 5) is 22.9. The number of hydrogen-bond donors (Lipinski definition) is 0. The van der Waals surface area contributed by atoms with Gasteiger partial charge in [0.2, 0.25) is 0 Å². The molecule has 0 N–H and O–H groups in total. The molecule has 0 spiro atoms. The van der Waals surface area contributed by atoms with Crippen molar-refractivity contribution in [2.45, 2.75) is 13.5 Å². The molecule has 5 nitrogen and oxygen atoms in total. The molecule has 2 aromatic rings. The second-order valence-corrected chi connectivity index (χ2v) is 4.48. The van der Waals surface area contributed by atoms with Crippen LogP contribution in [-0.4, -0.2) is 23.3 Å². The van der Waals surface area contributed by atoms with Gasteiger partial charge in [0.25, 0.3) is 0 Å². The SMILES string of the molecule is CCOC(=O)OC(=O)c1cscc1Cn1cccc1. The highest BCUT2D eigenvalue weighted by Gasteiger charge is 2.18. The molecule has 2 rings (SSSR count). The zero-order valence-electron chi connectivity index (χ0n) is 10.4. The van der Waals surface area contributed by atoms with Crippen LogP contribution in [0.25, 0.3) is 0 Å². The van der Waals surface area contributed by atoms with E-state index in [1.165, 1.54) is 11.3 Å². The Morgan fingerprint density at radius 1 is 1.26 bits per heavy atom. The summed E-state index contributed by atoms with van der Waals surface area (Å²) < 4.78 is 11.1. The first-order chi connectivity index (χ1) is 9.20. The highest BCUT2D eigenvalue weighted by atomic mass is 32.1. The van der Waals surface area contributed by atoms with Crippen molar-refractivity contribution in [1.29, 1.82) is 0 Å². The van der Waals surface area contributed by atoms with Gasteiger partial charge in [0.05, 0.1) is 12.2 Å². The van der Waals surface area contributed by atoms with Crippen LogP contribution in [0, 0.1) is 0 Å². The van der Waals surface area contributed by atoms with E-state index in [4.69, 9.17) is 0 Å². The van der Waals surface area contributed by atoms with Crippen LogP contribution in [0.15, 0.2) is 35.3 Å². The minimum Gasteiger partial charge on any atom is -0.434 e. The molecule has 0 aliphatic carbocycles. The van der Waals surface area contributed by atoms with Gasteiger partial charge in [0, 0.05) is 24.3 Å². The summed E-state index contributed by atoms with van der Waals surface area (Å²) in [6, 6.07) is 3.81. The molecule has 0 aliphatic rings. The van der Waals surface area contributed by atoms with Crippen molar-refractivity contribution in [3.8, 4) is 0 Å². The summed E-state index contributed by atoms with van der Waals surface area (Å²) in [5.74, 6) is -0.679. The van der Waals surface area contributed by atoms with Crippen LogP contribution in [0.3, 0.4) is 0 Å². The van der Waals surface area contributed by atoms with Gasteiger partial charge in [-0.05, 0) is 30.0 Å². The minimum atomic E-state index is -0.967. The fourth-order valence-electron chi connectivity index (χ4n) is 1.58. The van der Waals surface area contributed by atoms with Crippen LogP contribution in [0.2, 0.25) is 0 Å². The van der Waals surface area contributed by atoms with Crippen molar-refractivity contribution in [2.24, 2.45) is 0 Å². The lowest BCUT2D eigenvalue weighted by Crippen LogP contribution is -2.15. The van der Waals surface area contributed by atoms with Gasteiger partial charge in [-0.2, -0.15) is 11.3 Å². The summed E-state index contributed by atoms with van der Waals surface area (Å²) >= 11 is 1.39. The number of thiophene rings is 1. The molecule has 0 aliphatic heterocycles. The molecule has 0 bridgehead atoms. The van der Waals surface area contributed by atoms with Crippen molar-refractivity contribution < 1.29 is 19.1 Å². The third kappa shape index (κ3) is 3.45. The molecular formula is C13H13NO4S. The van der Waals surface area contributed by atoms with E-state index in [1.807, 2.05) is 34.5 Å². The predicted molar refractivity (Wildman–Crippen MR) is 70.3 cm³/mol. The number of ether oxygens (including phenoxy) is 2. The van der Waals surface area contributed by atoms with E-state index in [-0.39, 0.29) is 6.61 Å². The van der Waals surface area contributed by atoms with Crippen molar-refractivity contribution >= 4 is 23.5 Å². The van der Waals surface area contributed by atoms with E-state index < -0.39 is 12.1 Å². The van der Waals surface area contributed by atoms with Crippen LogP contribution in [0.1, 0.15) is 22.8 Å². The monoisotopic (exact) mass is 279 g/mol. The molecule has 0 saturated heterocycles. The molecule has 0 unspecified atom stereocenters. The van der Waals surface area contributed by atoms with E-state index in [1.54, 1.807) is 12.3 Å². The van der Waals surface area contributed by atoms with E-state index in [2.05, 4.69) is 9.47 Å². The van der Waals surface area contributed by atoms with E-state index >= 15 is 0 Å². The molecule has 0 aromatic carbocycles. The molecule has 0 radical (unpaired) electrons. The molecular weight excluding hydrogens is 266 g/mol. The Hall–Kier alpha value is -2.08. The Bertz CT molecular complexity index is 559. The number of rotatable bonds is 4. The van der Waals surface area contributed by atoms with Crippen LogP contribution < -0.4 is 0 Å². The number of hydrogen-bond acceptors (Lipinski definition) is 5. The third-order valence-electron chi connectivity index (χ3n) is 2.42. The summed E-state index contributed by atoms with van der Waals surface area (Å²) in [5, 5.41) is 3.53. The first-order valence-corrected chi connectivity index (χ1v) is 6.69. The summed E-state index contributed by atoms with van der Waals surface area (Å²) in [6.07, 6.45) is 2.83. The standard InChI is InChI=1S/C13H13NO4S/c1-2-17-13(16)18-12(15)11-9-19-8-10(11)7-14-5-3-4-6-14/h3-6,8-9H,2,7H2,1H3. The second-order valence-electron chi connectivity index (χ2n) is 3.74. The van der Waals surface area contributed by atoms with Gasteiger partial charge in [-0.25, -0.2) is 9.59 Å². The summed E-state index contributed by atoms with van der Waals surface area (Å²) in [5.41, 5.74) is 1.21. The first kappa shape index (κ1) is 13.4. The number of carbonyl (C=O) groups is 2. The maximum Gasteiger partial charge on any atom is 0.516 e. The lowest BCUT2D eigenvalue weighted by atomic mass is 10.2. The number of aromatic nitrogens is 1. The third-order valence-corrected chi connectivity index (χ3v) is 3.21. The zero-order valence-corrected chi connectivity index (χ0v) is 11.2. The topological polar surface area (TPSA) is 57.5 Å². The maximum atomic E-state index is 11.8. The Kier molecular flexibility index (Phi) is 4.35. The smallest absolute Gasteiger partial charge is 0.434 e. The maximum absolute atomic E-state index is 11.8. The van der Waals surface area contributed by atoms with E-state index in [0.29, 0.717) is 12.1 Å².